The van der Waals surface area contributed by atoms with Gasteiger partial charge < -0.3 is 0 Å². The van der Waals surface area contributed by atoms with Gasteiger partial charge in [0, 0.05) is 0 Å². The van der Waals surface area contributed by atoms with E-state index in [2.05, 4.69) is 39.1 Å². The number of rotatable bonds is 4. The molecule has 0 radical (unpaired) electrons. The summed E-state index contributed by atoms with van der Waals surface area (Å²) in [5.74, 6) is 8.12. The van der Waals surface area contributed by atoms with E-state index in [0.29, 0.717) is 0 Å². The molecule has 0 N–H and O–H groups in total. The molecule has 0 spiro atoms. The van der Waals surface area contributed by atoms with Gasteiger partial charge in [-0.2, -0.15) is 0 Å². The minimum absolute atomic E-state index is 0.847. The summed E-state index contributed by atoms with van der Waals surface area (Å²) in [4.78, 5) is 8.22. The topological polar surface area (TPSA) is 9.23 Å². The van der Waals surface area contributed by atoms with Crippen molar-refractivity contribution in [1.29, 1.82) is 0 Å². The molecular formula is C24H36OSn. The third-order valence-corrected chi connectivity index (χ3v) is 17.1. The van der Waals surface area contributed by atoms with Crippen LogP contribution < -0.4 is 4.74 Å². The summed E-state index contributed by atoms with van der Waals surface area (Å²) in [6.07, 6.45) is 9.25. The summed E-state index contributed by atoms with van der Waals surface area (Å²) in [5, 5.41) is 0. The number of benzene rings is 1. The first-order valence-electron chi connectivity index (χ1n) is 11.1. The number of fused-ring (bicyclic) bond motifs is 4. The van der Waals surface area contributed by atoms with Crippen molar-refractivity contribution in [3.05, 3.63) is 29.8 Å². The van der Waals surface area contributed by atoms with Crippen LogP contribution in [0.1, 0.15) is 50.0 Å². The van der Waals surface area contributed by atoms with E-state index in [4.69, 9.17) is 4.74 Å². The van der Waals surface area contributed by atoms with Gasteiger partial charge in [-0.3, -0.25) is 0 Å². The Hall–Kier alpha value is -0.181. The minimum atomic E-state index is -1.91. The van der Waals surface area contributed by atoms with E-state index >= 15 is 0 Å². The molecule has 0 unspecified atom stereocenters. The summed E-state index contributed by atoms with van der Waals surface area (Å²) >= 11 is -1.91. The average Bonchev–Trinajstić information content (AvgIpc) is 3.39. The van der Waals surface area contributed by atoms with Gasteiger partial charge in [0.2, 0.25) is 0 Å². The standard InChI is InChI=1S/C21H27O.3CH3.Sn/c1-22-18-8-6-14(7-9-18)20-16-4-5-17(12-16)21(20)19-11-13-2-3-15(19)10-13;;;;/h6-9,11,13,15-17,19-21H,2-5,10,12H2,1H3;3*1H3;/t13-,15+,16-,17+,19+,20+,21+;;;;/m1..../s1. The zero-order chi connectivity index (χ0) is 18.1. The summed E-state index contributed by atoms with van der Waals surface area (Å²) in [7, 11) is 1.78. The molecule has 5 rings (SSSR count). The van der Waals surface area contributed by atoms with Gasteiger partial charge in [-0.25, -0.2) is 0 Å². The quantitative estimate of drug-likeness (QED) is 0.463. The Kier molecular flexibility index (Phi) is 4.42. The molecule has 4 aliphatic rings. The molecule has 4 bridgehead atoms. The van der Waals surface area contributed by atoms with Gasteiger partial charge >= 0.3 is 165 Å². The van der Waals surface area contributed by atoms with Crippen molar-refractivity contribution in [1.82, 2.24) is 0 Å². The number of hydrogen-bond acceptors (Lipinski definition) is 1. The SMILES string of the molecule is COc1ccc([C@H]2[C@@H]3CC[C@@H](C3)[C@H]2[C@@H]2[C@H]3CC[C@H](C3)[C@@H]2[Sn]([CH3])([CH3])[CH3])cc1. The molecule has 8 atom stereocenters. The van der Waals surface area contributed by atoms with Gasteiger partial charge in [0.15, 0.2) is 0 Å². The molecule has 1 aromatic rings. The maximum absolute atomic E-state index is 5.43. The molecule has 4 fully saturated rings. The second kappa shape index (κ2) is 6.42. The van der Waals surface area contributed by atoms with Gasteiger partial charge in [-0.05, 0) is 0 Å². The van der Waals surface area contributed by atoms with E-state index in [1.54, 1.807) is 31.9 Å². The van der Waals surface area contributed by atoms with Gasteiger partial charge in [-0.15, -0.1) is 0 Å². The van der Waals surface area contributed by atoms with E-state index in [0.717, 1.165) is 51.1 Å². The molecular weight excluding hydrogens is 423 g/mol. The Morgan fingerprint density at radius 1 is 0.769 bits per heavy atom. The van der Waals surface area contributed by atoms with Crippen LogP contribution in [0.2, 0.25) is 18.8 Å². The molecule has 142 valence electrons. The fourth-order valence-electron chi connectivity index (χ4n) is 8.38. The van der Waals surface area contributed by atoms with Gasteiger partial charge in [-0.1, -0.05) is 0 Å². The van der Waals surface area contributed by atoms with E-state index in [1.165, 1.54) is 19.3 Å². The molecule has 0 amide bonds. The summed E-state index contributed by atoms with van der Waals surface area (Å²) in [5.41, 5.74) is 1.63. The summed E-state index contributed by atoms with van der Waals surface area (Å²) < 4.78 is 6.59. The Balaban J connectivity index is 1.51. The van der Waals surface area contributed by atoms with Crippen LogP contribution in [0.25, 0.3) is 0 Å². The monoisotopic (exact) mass is 460 g/mol. The van der Waals surface area contributed by atoms with Crippen LogP contribution in [0.3, 0.4) is 0 Å². The van der Waals surface area contributed by atoms with E-state index < -0.39 is 18.4 Å². The molecule has 0 aliphatic heterocycles. The van der Waals surface area contributed by atoms with Crippen LogP contribution in [-0.4, -0.2) is 25.5 Å². The Morgan fingerprint density at radius 3 is 2.00 bits per heavy atom. The Labute approximate surface area is 164 Å². The second-order valence-electron chi connectivity index (χ2n) is 11.0. The number of ether oxygens (including phenoxy) is 1. The summed E-state index contributed by atoms with van der Waals surface area (Å²) in [6, 6.07) is 9.22. The van der Waals surface area contributed by atoms with Crippen molar-refractivity contribution in [3.8, 4) is 5.75 Å². The van der Waals surface area contributed by atoms with E-state index in [1.807, 2.05) is 0 Å². The normalized spacial score (nSPS) is 44.0. The van der Waals surface area contributed by atoms with E-state index in [-0.39, 0.29) is 0 Å². The second-order valence-corrected chi connectivity index (χ2v) is 26.4. The van der Waals surface area contributed by atoms with Crippen LogP contribution in [0.4, 0.5) is 0 Å². The molecule has 2 heteroatoms. The van der Waals surface area contributed by atoms with Gasteiger partial charge in [0.1, 0.15) is 0 Å². The van der Waals surface area contributed by atoms with Crippen molar-refractivity contribution in [2.75, 3.05) is 7.11 Å². The van der Waals surface area contributed by atoms with Crippen LogP contribution >= 0.6 is 0 Å². The first-order chi connectivity index (χ1) is 12.5. The third kappa shape index (κ3) is 2.70. The van der Waals surface area contributed by atoms with E-state index in [9.17, 15) is 0 Å². The fraction of sp³-hybridized carbons (Fsp3) is 0.750. The maximum atomic E-state index is 5.43. The van der Waals surface area contributed by atoms with Crippen molar-refractivity contribution in [3.63, 3.8) is 0 Å². The van der Waals surface area contributed by atoms with Crippen LogP contribution in [0, 0.1) is 35.5 Å². The molecule has 26 heavy (non-hydrogen) atoms. The molecule has 1 nitrogen and oxygen atoms in total. The molecule has 0 saturated heterocycles. The summed E-state index contributed by atoms with van der Waals surface area (Å²) in [6.45, 7) is 0. The zero-order valence-corrected chi connectivity index (χ0v) is 19.9. The van der Waals surface area contributed by atoms with Crippen LogP contribution in [0.15, 0.2) is 24.3 Å². The zero-order valence-electron chi connectivity index (χ0n) is 17.1. The Morgan fingerprint density at radius 2 is 1.35 bits per heavy atom. The average molecular weight is 459 g/mol. The van der Waals surface area contributed by atoms with Crippen molar-refractivity contribution >= 4 is 18.4 Å². The van der Waals surface area contributed by atoms with Gasteiger partial charge in [0.25, 0.3) is 0 Å². The third-order valence-electron chi connectivity index (χ3n) is 8.91. The number of methoxy groups -OCH3 is 1. The van der Waals surface area contributed by atoms with Crippen LogP contribution in [0.5, 0.6) is 5.75 Å². The molecule has 1 aromatic carbocycles. The predicted octanol–water partition coefficient (Wildman–Crippen LogP) is 6.58. The Bertz CT molecular complexity index is 660. The van der Waals surface area contributed by atoms with Crippen molar-refractivity contribution < 1.29 is 4.74 Å². The molecule has 0 heterocycles. The first-order valence-corrected chi connectivity index (χ1v) is 21.3. The first kappa shape index (κ1) is 17.9. The number of hydrogen-bond donors (Lipinski definition) is 0. The molecule has 4 aliphatic carbocycles. The van der Waals surface area contributed by atoms with Crippen molar-refractivity contribution in [2.24, 2.45) is 35.5 Å². The molecule has 0 aromatic heterocycles. The molecule has 4 saturated carbocycles. The predicted molar refractivity (Wildman–Crippen MR) is 111 cm³/mol. The van der Waals surface area contributed by atoms with Crippen molar-refractivity contribution in [2.45, 2.75) is 63.2 Å². The van der Waals surface area contributed by atoms with Crippen LogP contribution in [-0.2, 0) is 0 Å². The fourth-order valence-corrected chi connectivity index (χ4v) is 18.0. The van der Waals surface area contributed by atoms with Gasteiger partial charge in [0.05, 0.1) is 0 Å².